The molecule has 0 unspecified atom stereocenters. The summed E-state index contributed by atoms with van der Waals surface area (Å²) >= 11 is 3.08. The van der Waals surface area contributed by atoms with Crippen molar-refractivity contribution in [2.24, 2.45) is 0 Å². The lowest BCUT2D eigenvalue weighted by molar-refractivity contribution is 0.0878. The molecular formula is C21H10BrN3O8S. The number of nitrogen functional groups attached to an aromatic ring is 1. The number of amides is 2. The number of aromatic nitrogens is 1. The Morgan fingerprint density at radius 3 is 2.03 bits per heavy atom. The second-order valence-corrected chi connectivity index (χ2v) is 9.65. The highest BCUT2D eigenvalue weighted by atomic mass is 79.9. The first-order valence-electron chi connectivity index (χ1n) is 9.37. The maximum atomic E-state index is 13.5. The Morgan fingerprint density at radius 1 is 0.853 bits per heavy atom. The molecule has 2 amide bonds. The van der Waals surface area contributed by atoms with Crippen molar-refractivity contribution in [2.75, 3.05) is 5.73 Å². The van der Waals surface area contributed by atoms with Crippen molar-refractivity contribution in [1.29, 1.82) is 0 Å². The molecular weight excluding hydrogens is 534 g/mol. The van der Waals surface area contributed by atoms with Gasteiger partial charge in [-0.1, -0.05) is 24.3 Å². The monoisotopic (exact) mass is 543 g/mol. The number of hydrogen-bond acceptors (Lipinski definition) is 8. The number of rotatable bonds is 2. The van der Waals surface area contributed by atoms with E-state index in [1.54, 1.807) is 0 Å². The third-order valence-corrected chi connectivity index (χ3v) is 7.03. The summed E-state index contributed by atoms with van der Waals surface area (Å²) in [7, 11) is -5.10. The Balaban J connectivity index is 2.00. The largest absolute Gasteiger partial charge is 0.384 e. The lowest BCUT2D eigenvalue weighted by Crippen LogP contribution is -2.30. The molecule has 0 bridgehead atoms. The van der Waals surface area contributed by atoms with Crippen LogP contribution < -0.4 is 16.6 Å². The number of carbonyl (C=O) groups excluding carboxylic acids is 4. The molecule has 2 heterocycles. The zero-order chi connectivity index (χ0) is 24.7. The van der Waals surface area contributed by atoms with Crippen molar-refractivity contribution in [3.05, 3.63) is 84.6 Å². The SMILES string of the molecule is Nc1c2c(cc(=O)n1-c1c(S(=O)(=O)O)cc(Br)c3c1C(=O)c1ccccc1C3=O)C(=O)NC2=O. The number of ketones is 2. The van der Waals surface area contributed by atoms with Crippen molar-refractivity contribution in [2.45, 2.75) is 4.90 Å². The number of hydrogen-bond donors (Lipinski definition) is 3. The quantitative estimate of drug-likeness (QED) is 0.246. The number of anilines is 1. The first-order valence-corrected chi connectivity index (χ1v) is 11.6. The normalized spacial score (nSPS) is 14.5. The lowest BCUT2D eigenvalue weighted by Gasteiger charge is -2.24. The number of nitrogens with one attached hydrogen (secondary N) is 1. The van der Waals surface area contributed by atoms with E-state index in [0.717, 1.165) is 12.1 Å². The molecule has 0 spiro atoms. The Morgan fingerprint density at radius 2 is 1.44 bits per heavy atom. The van der Waals surface area contributed by atoms with Gasteiger partial charge in [0.2, 0.25) is 0 Å². The van der Waals surface area contributed by atoms with Crippen LogP contribution in [0.25, 0.3) is 5.69 Å². The maximum Gasteiger partial charge on any atom is 0.296 e. The summed E-state index contributed by atoms with van der Waals surface area (Å²) in [5.74, 6) is -3.96. The Hall–Kier alpha value is -3.94. The van der Waals surface area contributed by atoms with Crippen LogP contribution in [0.2, 0.25) is 0 Å². The number of pyridine rings is 1. The summed E-state index contributed by atoms with van der Waals surface area (Å²) in [6.45, 7) is 0. The van der Waals surface area contributed by atoms with Gasteiger partial charge in [-0.25, -0.2) is 0 Å². The minimum Gasteiger partial charge on any atom is -0.384 e. The third kappa shape index (κ3) is 2.84. The number of fused-ring (bicyclic) bond motifs is 3. The molecule has 1 aliphatic heterocycles. The maximum absolute atomic E-state index is 13.5. The molecule has 4 N–H and O–H groups in total. The van der Waals surface area contributed by atoms with Crippen LogP contribution in [0.3, 0.4) is 0 Å². The number of nitrogens with two attached hydrogens (primary N) is 1. The molecule has 3 aromatic rings. The summed E-state index contributed by atoms with van der Waals surface area (Å²) < 4.78 is 35.0. The predicted molar refractivity (Wildman–Crippen MR) is 119 cm³/mol. The first-order chi connectivity index (χ1) is 15.9. The molecule has 13 heteroatoms. The van der Waals surface area contributed by atoms with E-state index in [0.29, 0.717) is 4.57 Å². The predicted octanol–water partition coefficient (Wildman–Crippen LogP) is 1.09. The Labute approximate surface area is 198 Å². The van der Waals surface area contributed by atoms with Crippen LogP contribution in [0.4, 0.5) is 5.82 Å². The lowest BCUT2D eigenvalue weighted by atomic mass is 9.83. The zero-order valence-corrected chi connectivity index (χ0v) is 19.0. The van der Waals surface area contributed by atoms with Crippen molar-refractivity contribution in [1.82, 2.24) is 9.88 Å². The number of halogens is 1. The van der Waals surface area contributed by atoms with E-state index in [-0.39, 0.29) is 26.7 Å². The van der Waals surface area contributed by atoms with Crippen LogP contribution in [-0.2, 0) is 10.1 Å². The molecule has 0 fully saturated rings. The van der Waals surface area contributed by atoms with Crippen molar-refractivity contribution in [3.63, 3.8) is 0 Å². The molecule has 11 nitrogen and oxygen atoms in total. The van der Waals surface area contributed by atoms with Gasteiger partial charge in [0.25, 0.3) is 27.5 Å². The third-order valence-electron chi connectivity index (χ3n) is 5.54. The van der Waals surface area contributed by atoms with E-state index < -0.39 is 66.6 Å². The fourth-order valence-corrected chi connectivity index (χ4v) is 5.60. The van der Waals surface area contributed by atoms with Crippen LogP contribution in [0.1, 0.15) is 52.6 Å². The molecule has 2 aliphatic rings. The van der Waals surface area contributed by atoms with Gasteiger partial charge in [0.1, 0.15) is 10.7 Å². The van der Waals surface area contributed by atoms with Crippen LogP contribution in [0, 0.1) is 0 Å². The summed E-state index contributed by atoms with van der Waals surface area (Å²) in [6, 6.07) is 7.38. The van der Waals surface area contributed by atoms with Crippen LogP contribution in [-0.4, -0.2) is 40.9 Å². The molecule has 170 valence electrons. The van der Waals surface area contributed by atoms with Crippen molar-refractivity contribution in [3.8, 4) is 5.69 Å². The standard InChI is InChI=1S/C21H10BrN3O8S/c22-10-6-11(34(31,32)33)16(15-14(10)17(27)7-3-1-2-4-8(7)18(15)28)25-12(26)5-9-13(19(25)23)21(30)24-20(9)29/h1-6H,23H2,(H,24,29,30)(H,31,32,33). The molecule has 0 atom stereocenters. The van der Waals surface area contributed by atoms with Gasteiger partial charge < -0.3 is 5.73 Å². The van der Waals surface area contributed by atoms with Crippen LogP contribution >= 0.6 is 15.9 Å². The van der Waals surface area contributed by atoms with Gasteiger partial charge >= 0.3 is 0 Å². The summed E-state index contributed by atoms with van der Waals surface area (Å²) in [4.78, 5) is 63.1. The van der Waals surface area contributed by atoms with E-state index in [9.17, 15) is 36.9 Å². The molecule has 0 radical (unpaired) electrons. The average Bonchev–Trinajstić information content (AvgIpc) is 3.04. The summed E-state index contributed by atoms with van der Waals surface area (Å²) in [6.07, 6.45) is 0. The topological polar surface area (TPSA) is 183 Å². The molecule has 34 heavy (non-hydrogen) atoms. The molecule has 0 saturated carbocycles. The van der Waals surface area contributed by atoms with E-state index in [1.165, 1.54) is 24.3 Å². The van der Waals surface area contributed by atoms with E-state index in [1.807, 2.05) is 5.32 Å². The highest BCUT2D eigenvalue weighted by molar-refractivity contribution is 9.10. The van der Waals surface area contributed by atoms with Gasteiger partial charge in [0.05, 0.1) is 27.9 Å². The van der Waals surface area contributed by atoms with E-state index in [4.69, 9.17) is 5.73 Å². The molecule has 1 aromatic heterocycles. The molecule has 2 aromatic carbocycles. The second-order valence-electron chi connectivity index (χ2n) is 7.41. The number of imide groups is 1. The summed E-state index contributed by atoms with van der Waals surface area (Å²) in [5, 5.41) is 1.97. The smallest absolute Gasteiger partial charge is 0.296 e. The minimum absolute atomic E-state index is 0.0468. The van der Waals surface area contributed by atoms with Crippen molar-refractivity contribution >= 4 is 55.2 Å². The molecule has 1 aliphatic carbocycles. The Kier molecular flexibility index (Phi) is 4.52. The van der Waals surface area contributed by atoms with Gasteiger partial charge in [0.15, 0.2) is 11.6 Å². The first kappa shape index (κ1) is 21.9. The minimum atomic E-state index is -5.10. The van der Waals surface area contributed by atoms with Crippen molar-refractivity contribution < 1.29 is 32.1 Å². The van der Waals surface area contributed by atoms with Gasteiger partial charge in [-0.15, -0.1) is 0 Å². The van der Waals surface area contributed by atoms with Crippen LogP contribution in [0.5, 0.6) is 0 Å². The van der Waals surface area contributed by atoms with Gasteiger partial charge in [0, 0.05) is 21.7 Å². The molecule has 0 saturated heterocycles. The molecule has 5 rings (SSSR count). The van der Waals surface area contributed by atoms with Gasteiger partial charge in [-0.05, 0) is 22.0 Å². The summed E-state index contributed by atoms with van der Waals surface area (Å²) in [5.41, 5.74) is 2.69. The van der Waals surface area contributed by atoms with Gasteiger partial charge in [-0.3, -0.25) is 38.4 Å². The highest BCUT2D eigenvalue weighted by Gasteiger charge is 2.39. The number of benzene rings is 2. The van der Waals surface area contributed by atoms with E-state index in [2.05, 4.69) is 15.9 Å². The number of carbonyl (C=O) groups is 4. The zero-order valence-electron chi connectivity index (χ0n) is 16.6. The fraction of sp³-hybridized carbons (Fsp3) is 0. The fourth-order valence-electron chi connectivity index (χ4n) is 4.14. The van der Waals surface area contributed by atoms with Crippen LogP contribution in [0.15, 0.2) is 50.6 Å². The second kappa shape index (κ2) is 7.03. The van der Waals surface area contributed by atoms with Gasteiger partial charge in [-0.2, -0.15) is 8.42 Å². The average molecular weight is 544 g/mol. The number of nitrogens with zero attached hydrogens (tertiary/aromatic N) is 1. The highest BCUT2D eigenvalue weighted by Crippen LogP contribution is 2.40. The Bertz CT molecular complexity index is 1720. The van der Waals surface area contributed by atoms with E-state index >= 15 is 0 Å².